The molecule has 0 aliphatic heterocycles. The van der Waals surface area contributed by atoms with E-state index in [1.54, 1.807) is 28.8 Å². The van der Waals surface area contributed by atoms with E-state index in [1.165, 1.54) is 12.3 Å². The van der Waals surface area contributed by atoms with E-state index in [2.05, 4.69) is 10.3 Å². The van der Waals surface area contributed by atoms with Gasteiger partial charge in [0.25, 0.3) is 5.91 Å². The summed E-state index contributed by atoms with van der Waals surface area (Å²) >= 11 is 0. The number of halogens is 2. The molecule has 3 rings (SSSR count). The molecule has 0 aliphatic rings. The van der Waals surface area contributed by atoms with Crippen LogP contribution in [0.5, 0.6) is 0 Å². The molecular weight excluding hydrogens is 320 g/mol. The number of ether oxygens (including phenoxy) is 1. The van der Waals surface area contributed by atoms with Crippen LogP contribution in [0.25, 0.3) is 5.65 Å². The summed E-state index contributed by atoms with van der Waals surface area (Å²) in [6, 6.07) is 8.17. The molecule has 6 nitrogen and oxygen atoms in total. The van der Waals surface area contributed by atoms with Crippen molar-refractivity contribution < 1.29 is 23.1 Å². The van der Waals surface area contributed by atoms with Gasteiger partial charge in [-0.25, -0.2) is 18.6 Å². The lowest BCUT2D eigenvalue weighted by molar-refractivity contribution is -0.119. The van der Waals surface area contributed by atoms with E-state index in [0.29, 0.717) is 5.65 Å². The highest BCUT2D eigenvalue weighted by Crippen LogP contribution is 2.13. The molecule has 1 aromatic carbocycles. The van der Waals surface area contributed by atoms with E-state index in [-0.39, 0.29) is 11.4 Å². The predicted octanol–water partition coefficient (Wildman–Crippen LogP) is 2.41. The van der Waals surface area contributed by atoms with Gasteiger partial charge in [0, 0.05) is 24.1 Å². The zero-order chi connectivity index (χ0) is 17.1. The second-order valence-corrected chi connectivity index (χ2v) is 4.85. The van der Waals surface area contributed by atoms with Crippen LogP contribution >= 0.6 is 0 Å². The summed E-state index contributed by atoms with van der Waals surface area (Å²) in [4.78, 5) is 27.6. The van der Waals surface area contributed by atoms with Gasteiger partial charge in [0.05, 0.1) is 0 Å². The summed E-state index contributed by atoms with van der Waals surface area (Å²) in [5, 5.41) is 2.29. The first-order chi connectivity index (χ1) is 11.5. The quantitative estimate of drug-likeness (QED) is 0.745. The molecule has 1 amide bonds. The van der Waals surface area contributed by atoms with E-state index in [9.17, 15) is 18.4 Å². The van der Waals surface area contributed by atoms with Crippen molar-refractivity contribution in [2.45, 2.75) is 0 Å². The van der Waals surface area contributed by atoms with Crippen LogP contribution in [0.3, 0.4) is 0 Å². The Labute approximate surface area is 134 Å². The highest BCUT2D eigenvalue weighted by molar-refractivity contribution is 5.95. The fraction of sp³-hybridized carbons (Fsp3) is 0.0625. The first kappa shape index (κ1) is 15.6. The van der Waals surface area contributed by atoms with Gasteiger partial charge >= 0.3 is 5.97 Å². The Hall–Kier alpha value is -3.29. The van der Waals surface area contributed by atoms with Gasteiger partial charge in [-0.2, -0.15) is 0 Å². The highest BCUT2D eigenvalue weighted by Gasteiger charge is 2.14. The number of esters is 1. The van der Waals surface area contributed by atoms with Crippen LogP contribution in [-0.4, -0.2) is 27.9 Å². The van der Waals surface area contributed by atoms with E-state index in [4.69, 9.17) is 4.74 Å². The van der Waals surface area contributed by atoms with Gasteiger partial charge in [0.15, 0.2) is 23.9 Å². The second-order valence-electron chi connectivity index (χ2n) is 4.85. The minimum atomic E-state index is -1.09. The Kier molecular flexibility index (Phi) is 4.19. The van der Waals surface area contributed by atoms with Crippen LogP contribution in [-0.2, 0) is 9.53 Å². The lowest BCUT2D eigenvalue weighted by atomic mass is 10.3. The molecular formula is C16H11F2N3O3. The minimum absolute atomic E-state index is 0.0572. The molecule has 122 valence electrons. The van der Waals surface area contributed by atoms with Gasteiger partial charge in [0.2, 0.25) is 0 Å². The summed E-state index contributed by atoms with van der Waals surface area (Å²) in [5.74, 6) is -3.56. The molecule has 0 atom stereocenters. The third kappa shape index (κ3) is 3.37. The zero-order valence-electron chi connectivity index (χ0n) is 12.2. The van der Waals surface area contributed by atoms with Crippen molar-refractivity contribution in [3.05, 3.63) is 66.1 Å². The Bertz CT molecular complexity index is 891. The van der Waals surface area contributed by atoms with Crippen LogP contribution in [0, 0.1) is 11.6 Å². The maximum absolute atomic E-state index is 13.0. The average molecular weight is 331 g/mol. The van der Waals surface area contributed by atoms with E-state index < -0.39 is 30.1 Å². The van der Waals surface area contributed by atoms with Crippen LogP contribution in [0.4, 0.5) is 14.5 Å². The molecule has 0 saturated carbocycles. The largest absolute Gasteiger partial charge is 0.451 e. The number of benzene rings is 1. The van der Waals surface area contributed by atoms with Gasteiger partial charge in [-0.1, -0.05) is 6.07 Å². The van der Waals surface area contributed by atoms with E-state index in [1.807, 2.05) is 0 Å². The molecule has 2 aromatic heterocycles. The summed E-state index contributed by atoms with van der Waals surface area (Å²) < 4.78 is 32.3. The molecule has 0 bridgehead atoms. The van der Waals surface area contributed by atoms with Crippen molar-refractivity contribution in [3.8, 4) is 0 Å². The Morgan fingerprint density at radius 2 is 2.00 bits per heavy atom. The molecule has 0 radical (unpaired) electrons. The molecule has 1 N–H and O–H groups in total. The standard InChI is InChI=1S/C16H11F2N3O3/c17-11-5-4-10(7-12(11)18)19-15(22)9-24-16(23)13-8-21-6-2-1-3-14(21)20-13/h1-8H,9H2,(H,19,22). The number of anilines is 1. The number of pyridine rings is 1. The van der Waals surface area contributed by atoms with Gasteiger partial charge in [-0.3, -0.25) is 4.79 Å². The number of aromatic nitrogens is 2. The average Bonchev–Trinajstić information content (AvgIpc) is 3.00. The van der Waals surface area contributed by atoms with Crippen molar-refractivity contribution in [3.63, 3.8) is 0 Å². The van der Waals surface area contributed by atoms with Crippen molar-refractivity contribution in [2.24, 2.45) is 0 Å². The summed E-state index contributed by atoms with van der Waals surface area (Å²) in [6.45, 7) is -0.578. The fourth-order valence-electron chi connectivity index (χ4n) is 2.01. The number of hydrogen-bond donors (Lipinski definition) is 1. The second kappa shape index (κ2) is 6.45. The highest BCUT2D eigenvalue weighted by atomic mass is 19.2. The molecule has 8 heteroatoms. The third-order valence-corrected chi connectivity index (χ3v) is 3.11. The molecule has 0 aliphatic carbocycles. The van der Waals surface area contributed by atoms with Gasteiger partial charge in [0.1, 0.15) is 5.65 Å². The molecule has 0 saturated heterocycles. The Balaban J connectivity index is 1.59. The van der Waals surface area contributed by atoms with Crippen molar-refractivity contribution >= 4 is 23.2 Å². The van der Waals surface area contributed by atoms with Crippen LogP contribution in [0.1, 0.15) is 10.5 Å². The lowest BCUT2D eigenvalue weighted by Gasteiger charge is -2.06. The molecule has 3 aromatic rings. The fourth-order valence-corrected chi connectivity index (χ4v) is 2.01. The van der Waals surface area contributed by atoms with Crippen molar-refractivity contribution in [1.82, 2.24) is 9.38 Å². The maximum atomic E-state index is 13.0. The number of imidazole rings is 1. The summed E-state index contributed by atoms with van der Waals surface area (Å²) in [7, 11) is 0. The summed E-state index contributed by atoms with van der Waals surface area (Å²) in [5.41, 5.74) is 0.681. The number of nitrogens with zero attached hydrogens (tertiary/aromatic N) is 2. The van der Waals surface area contributed by atoms with E-state index >= 15 is 0 Å². The lowest BCUT2D eigenvalue weighted by Crippen LogP contribution is -2.21. The summed E-state index contributed by atoms with van der Waals surface area (Å²) in [6.07, 6.45) is 3.19. The number of fused-ring (bicyclic) bond motifs is 1. The molecule has 0 fully saturated rings. The number of amides is 1. The first-order valence-electron chi connectivity index (χ1n) is 6.89. The Morgan fingerprint density at radius 1 is 1.17 bits per heavy atom. The van der Waals surface area contributed by atoms with Gasteiger partial charge < -0.3 is 14.5 Å². The normalized spacial score (nSPS) is 10.6. The molecule has 0 spiro atoms. The van der Waals surface area contributed by atoms with E-state index in [0.717, 1.165) is 12.1 Å². The van der Waals surface area contributed by atoms with Crippen molar-refractivity contribution in [1.29, 1.82) is 0 Å². The van der Waals surface area contributed by atoms with Gasteiger partial charge in [-0.05, 0) is 24.3 Å². The SMILES string of the molecule is O=C(COC(=O)c1cn2ccccc2n1)Nc1ccc(F)c(F)c1. The Morgan fingerprint density at radius 3 is 2.75 bits per heavy atom. The number of carbonyl (C=O) groups excluding carboxylic acids is 2. The van der Waals surface area contributed by atoms with Crippen LogP contribution < -0.4 is 5.32 Å². The topological polar surface area (TPSA) is 72.7 Å². The molecule has 24 heavy (non-hydrogen) atoms. The predicted molar refractivity (Wildman–Crippen MR) is 80.5 cm³/mol. The third-order valence-electron chi connectivity index (χ3n) is 3.11. The van der Waals surface area contributed by atoms with Crippen LogP contribution in [0.15, 0.2) is 48.8 Å². The minimum Gasteiger partial charge on any atom is -0.451 e. The number of rotatable bonds is 4. The molecule has 2 heterocycles. The van der Waals surface area contributed by atoms with Crippen LogP contribution in [0.2, 0.25) is 0 Å². The first-order valence-corrected chi connectivity index (χ1v) is 6.89. The number of carbonyl (C=O) groups is 2. The smallest absolute Gasteiger partial charge is 0.359 e. The zero-order valence-corrected chi connectivity index (χ0v) is 12.2. The number of hydrogen-bond acceptors (Lipinski definition) is 4. The van der Waals surface area contributed by atoms with Crippen molar-refractivity contribution in [2.75, 3.05) is 11.9 Å². The monoisotopic (exact) mass is 331 g/mol. The molecule has 0 unspecified atom stereocenters. The number of nitrogens with one attached hydrogen (secondary N) is 1. The van der Waals surface area contributed by atoms with Gasteiger partial charge in [-0.15, -0.1) is 0 Å². The maximum Gasteiger partial charge on any atom is 0.359 e.